The van der Waals surface area contributed by atoms with Crippen molar-refractivity contribution in [2.45, 2.75) is 44.7 Å². The van der Waals surface area contributed by atoms with Crippen LogP contribution in [0.25, 0.3) is 0 Å². The second kappa shape index (κ2) is 11.0. The van der Waals surface area contributed by atoms with Crippen LogP contribution in [0.1, 0.15) is 32.6 Å². The molecule has 2 aliphatic rings. The fourth-order valence-corrected chi connectivity index (χ4v) is 3.85. The average molecular weight is 430 g/mol. The zero-order valence-corrected chi connectivity index (χ0v) is 17.7. The van der Waals surface area contributed by atoms with E-state index in [2.05, 4.69) is 25.8 Å². The summed E-state index contributed by atoms with van der Waals surface area (Å²) in [5, 5.41) is 9.68. The number of hydrogen-bond acceptors (Lipinski definition) is 5. The van der Waals surface area contributed by atoms with Crippen molar-refractivity contribution >= 4 is 41.6 Å². The van der Waals surface area contributed by atoms with Crippen LogP contribution in [0.4, 0.5) is 5.82 Å². The number of nitrogens with zero attached hydrogens (tertiary/aromatic N) is 2. The van der Waals surface area contributed by atoms with E-state index in [0.29, 0.717) is 23.3 Å². The predicted octanol–water partition coefficient (Wildman–Crippen LogP) is 2.06. The van der Waals surface area contributed by atoms with Gasteiger partial charge < -0.3 is 16.0 Å². The Morgan fingerprint density at radius 2 is 2.18 bits per heavy atom. The first-order valence-electron chi connectivity index (χ1n) is 9.70. The smallest absolute Gasteiger partial charge is 0.242 e. The largest absolute Gasteiger partial charge is 0.354 e. The molecular formula is C19H29Cl2N5O2. The van der Waals surface area contributed by atoms with Crippen LogP contribution >= 0.6 is 24.0 Å². The zero-order valence-electron chi connectivity index (χ0n) is 16.1. The number of halogens is 2. The molecule has 3 N–H and O–H groups in total. The minimum Gasteiger partial charge on any atom is -0.354 e. The lowest BCUT2D eigenvalue weighted by molar-refractivity contribution is -0.124. The van der Waals surface area contributed by atoms with Crippen LogP contribution < -0.4 is 16.0 Å². The number of carbonyl (C=O) groups is 2. The van der Waals surface area contributed by atoms with Gasteiger partial charge in [-0.05, 0) is 63.7 Å². The lowest BCUT2D eigenvalue weighted by Crippen LogP contribution is -2.50. The Bertz CT molecular complexity index is 652. The maximum Gasteiger partial charge on any atom is 0.242 e. The number of carbonyl (C=O) groups excluding carboxylic acids is 2. The highest BCUT2D eigenvalue weighted by Crippen LogP contribution is 2.19. The molecule has 3 unspecified atom stereocenters. The summed E-state index contributed by atoms with van der Waals surface area (Å²) in [4.78, 5) is 31.0. The first-order chi connectivity index (χ1) is 13.0. The van der Waals surface area contributed by atoms with E-state index in [4.69, 9.17) is 11.6 Å². The third kappa shape index (κ3) is 6.30. The second-order valence-electron chi connectivity index (χ2n) is 7.42. The van der Waals surface area contributed by atoms with Crippen molar-refractivity contribution in [2.75, 3.05) is 31.5 Å². The lowest BCUT2D eigenvalue weighted by atomic mass is 9.96. The SMILES string of the molecule is CC(C(=O)Nc1ccc(Cl)cn1)N1CCCC(CNC(=O)C2CCCN2)C1.Cl. The van der Waals surface area contributed by atoms with E-state index < -0.39 is 0 Å². The van der Waals surface area contributed by atoms with Crippen molar-refractivity contribution in [1.29, 1.82) is 0 Å². The molecule has 0 aromatic carbocycles. The van der Waals surface area contributed by atoms with Gasteiger partial charge in [-0.25, -0.2) is 4.98 Å². The number of aromatic nitrogens is 1. The molecule has 28 heavy (non-hydrogen) atoms. The minimum absolute atomic E-state index is 0. The van der Waals surface area contributed by atoms with Gasteiger partial charge in [-0.15, -0.1) is 12.4 Å². The van der Waals surface area contributed by atoms with Crippen LogP contribution in [-0.2, 0) is 9.59 Å². The Morgan fingerprint density at radius 1 is 1.36 bits per heavy atom. The minimum atomic E-state index is -0.252. The number of amides is 2. The fourth-order valence-electron chi connectivity index (χ4n) is 3.74. The van der Waals surface area contributed by atoms with Crippen LogP contribution in [0.3, 0.4) is 0 Å². The van der Waals surface area contributed by atoms with Crippen molar-refractivity contribution in [1.82, 2.24) is 20.5 Å². The van der Waals surface area contributed by atoms with Crippen molar-refractivity contribution in [3.63, 3.8) is 0 Å². The Labute approximate surface area is 177 Å². The van der Waals surface area contributed by atoms with Crippen LogP contribution in [0.5, 0.6) is 0 Å². The molecule has 0 saturated carbocycles. The molecule has 3 rings (SSSR count). The van der Waals surface area contributed by atoms with Gasteiger partial charge >= 0.3 is 0 Å². The molecule has 3 heterocycles. The molecule has 156 valence electrons. The summed E-state index contributed by atoms with van der Waals surface area (Å²) >= 11 is 5.82. The van der Waals surface area contributed by atoms with Gasteiger partial charge in [0.1, 0.15) is 5.82 Å². The summed E-state index contributed by atoms with van der Waals surface area (Å²) in [6.07, 6.45) is 5.59. The third-order valence-electron chi connectivity index (χ3n) is 5.40. The molecule has 2 amide bonds. The van der Waals surface area contributed by atoms with Gasteiger partial charge in [-0.3, -0.25) is 14.5 Å². The van der Waals surface area contributed by atoms with Crippen LogP contribution in [0, 0.1) is 5.92 Å². The maximum absolute atomic E-state index is 12.5. The molecule has 0 bridgehead atoms. The summed E-state index contributed by atoms with van der Waals surface area (Å²) in [6.45, 7) is 5.19. The number of rotatable bonds is 6. The van der Waals surface area contributed by atoms with Crippen molar-refractivity contribution in [3.8, 4) is 0 Å². The molecule has 2 fully saturated rings. The van der Waals surface area contributed by atoms with E-state index in [1.54, 1.807) is 12.1 Å². The Balaban J connectivity index is 0.00000280. The van der Waals surface area contributed by atoms with E-state index >= 15 is 0 Å². The van der Waals surface area contributed by atoms with Crippen molar-refractivity contribution in [2.24, 2.45) is 5.92 Å². The summed E-state index contributed by atoms with van der Waals surface area (Å²) in [6, 6.07) is 3.10. The summed E-state index contributed by atoms with van der Waals surface area (Å²) in [7, 11) is 0. The molecule has 0 spiro atoms. The molecule has 0 radical (unpaired) electrons. The number of hydrogen-bond donors (Lipinski definition) is 3. The topological polar surface area (TPSA) is 86.4 Å². The van der Waals surface area contributed by atoms with Crippen LogP contribution in [0.15, 0.2) is 18.3 Å². The molecule has 1 aromatic rings. The standard InChI is InChI=1S/C19H28ClN5O2.ClH/c1-13(18(26)24-17-7-6-15(20)11-22-17)25-9-3-4-14(12-25)10-23-19(27)16-5-2-8-21-16;/h6-7,11,13-14,16,21H,2-5,8-10,12H2,1H3,(H,23,27)(H,22,24,26);1H. The van der Waals surface area contributed by atoms with E-state index in [1.807, 2.05) is 6.92 Å². The fraction of sp³-hybridized carbons (Fsp3) is 0.632. The summed E-state index contributed by atoms with van der Waals surface area (Å²) in [5.41, 5.74) is 0. The molecule has 2 saturated heterocycles. The van der Waals surface area contributed by atoms with Gasteiger partial charge in [0.2, 0.25) is 11.8 Å². The third-order valence-corrected chi connectivity index (χ3v) is 5.62. The van der Waals surface area contributed by atoms with E-state index in [-0.39, 0.29) is 36.3 Å². The molecule has 3 atom stereocenters. The highest BCUT2D eigenvalue weighted by Gasteiger charge is 2.29. The van der Waals surface area contributed by atoms with Gasteiger partial charge in [0.05, 0.1) is 17.1 Å². The molecule has 9 heteroatoms. The number of anilines is 1. The highest BCUT2D eigenvalue weighted by atomic mass is 35.5. The number of likely N-dealkylation sites (tertiary alicyclic amines) is 1. The van der Waals surface area contributed by atoms with Gasteiger partial charge in [0.25, 0.3) is 0 Å². The summed E-state index contributed by atoms with van der Waals surface area (Å²) < 4.78 is 0. The molecule has 1 aromatic heterocycles. The maximum atomic E-state index is 12.5. The second-order valence-corrected chi connectivity index (χ2v) is 7.86. The van der Waals surface area contributed by atoms with Gasteiger partial charge in [-0.1, -0.05) is 11.6 Å². The van der Waals surface area contributed by atoms with Crippen molar-refractivity contribution < 1.29 is 9.59 Å². The quantitative estimate of drug-likeness (QED) is 0.644. The molecule has 0 aliphatic carbocycles. The monoisotopic (exact) mass is 429 g/mol. The van der Waals surface area contributed by atoms with Gasteiger partial charge in [-0.2, -0.15) is 0 Å². The number of pyridine rings is 1. The Kier molecular flexibility index (Phi) is 8.95. The predicted molar refractivity (Wildman–Crippen MR) is 113 cm³/mol. The normalized spacial score (nSPS) is 23.5. The Hall–Kier alpha value is -1.41. The molecule has 2 aliphatic heterocycles. The first kappa shape index (κ1) is 22.9. The lowest BCUT2D eigenvalue weighted by Gasteiger charge is -2.36. The van der Waals surface area contributed by atoms with E-state index in [1.165, 1.54) is 6.20 Å². The summed E-state index contributed by atoms with van der Waals surface area (Å²) in [5.74, 6) is 0.892. The number of piperidine rings is 1. The van der Waals surface area contributed by atoms with E-state index in [9.17, 15) is 9.59 Å². The molecular weight excluding hydrogens is 401 g/mol. The average Bonchev–Trinajstić information content (AvgIpc) is 3.22. The number of nitrogens with one attached hydrogen (secondary N) is 3. The van der Waals surface area contributed by atoms with Crippen LogP contribution in [0.2, 0.25) is 5.02 Å². The zero-order chi connectivity index (χ0) is 19.2. The molecule has 7 nitrogen and oxygen atoms in total. The highest BCUT2D eigenvalue weighted by molar-refractivity contribution is 6.30. The van der Waals surface area contributed by atoms with Gasteiger partial charge in [0, 0.05) is 19.3 Å². The first-order valence-corrected chi connectivity index (χ1v) is 10.1. The van der Waals surface area contributed by atoms with Crippen molar-refractivity contribution in [3.05, 3.63) is 23.4 Å². The van der Waals surface area contributed by atoms with Crippen LogP contribution in [-0.4, -0.2) is 60.0 Å². The van der Waals surface area contributed by atoms with Gasteiger partial charge in [0.15, 0.2) is 0 Å². The Morgan fingerprint density at radius 3 is 2.86 bits per heavy atom. The van der Waals surface area contributed by atoms with E-state index in [0.717, 1.165) is 45.3 Å².